The van der Waals surface area contributed by atoms with Crippen LogP contribution in [-0.2, 0) is 27.9 Å². The highest BCUT2D eigenvalue weighted by Crippen LogP contribution is 2.55. The average molecular weight is 460 g/mol. The third-order valence-electron chi connectivity index (χ3n) is 5.13. The second-order valence-corrected chi connectivity index (χ2v) is 10.0. The zero-order valence-corrected chi connectivity index (χ0v) is 18.8. The second kappa shape index (κ2) is 8.97. The lowest BCUT2D eigenvalue weighted by Gasteiger charge is -2.36. The number of anilines is 1. The van der Waals surface area contributed by atoms with Crippen molar-refractivity contribution >= 4 is 19.5 Å². The lowest BCUT2D eigenvalue weighted by molar-refractivity contribution is -0.145. The lowest BCUT2D eigenvalue weighted by Crippen LogP contribution is -2.50. The van der Waals surface area contributed by atoms with E-state index < -0.39 is 49.5 Å². The molecule has 4 N–H and O–H groups in total. The van der Waals surface area contributed by atoms with Crippen molar-refractivity contribution in [1.82, 2.24) is 14.6 Å². The van der Waals surface area contributed by atoms with E-state index in [0.717, 1.165) is 4.57 Å². The van der Waals surface area contributed by atoms with Gasteiger partial charge in [0.05, 0.1) is 13.2 Å². The van der Waals surface area contributed by atoms with Crippen LogP contribution >= 0.6 is 7.75 Å². The highest BCUT2D eigenvalue weighted by Gasteiger charge is 2.60. The van der Waals surface area contributed by atoms with E-state index in [1.807, 2.05) is 13.8 Å². The van der Waals surface area contributed by atoms with Crippen molar-refractivity contribution in [2.45, 2.75) is 64.2 Å². The molecule has 0 amide bonds. The Morgan fingerprint density at radius 1 is 1.52 bits per heavy atom. The predicted octanol–water partition coefficient (Wildman–Crippen LogP) is 0.565. The Balaban J connectivity index is 1.69. The number of hydrogen-bond acceptors (Lipinski definition) is 10. The van der Waals surface area contributed by atoms with Crippen LogP contribution in [-0.4, -0.2) is 57.7 Å². The number of nitrogens with two attached hydrogens (primary N) is 1. The maximum atomic E-state index is 13.1. The Bertz CT molecular complexity index is 920. The number of carbonyl (C=O) groups is 1. The van der Waals surface area contributed by atoms with Crippen LogP contribution in [0, 0.1) is 5.92 Å². The number of fused-ring (bicyclic) bond motifs is 1. The van der Waals surface area contributed by atoms with E-state index in [1.165, 1.54) is 26.1 Å². The van der Waals surface area contributed by atoms with Gasteiger partial charge in [-0.1, -0.05) is 13.8 Å². The van der Waals surface area contributed by atoms with E-state index in [2.05, 4.69) is 10.1 Å². The minimum atomic E-state index is -3.98. The monoisotopic (exact) mass is 460 g/mol. The smallest absolute Gasteiger partial charge is 0.406 e. The van der Waals surface area contributed by atoms with Gasteiger partial charge in [-0.3, -0.25) is 18.4 Å². The molecule has 3 rings (SSSR count). The number of aliphatic hydroxyl groups is 1. The largest absolute Gasteiger partial charge is 0.465 e. The van der Waals surface area contributed by atoms with Gasteiger partial charge in [0.1, 0.15) is 29.7 Å². The molecule has 12 nitrogen and oxygen atoms in total. The fourth-order valence-electron chi connectivity index (χ4n) is 3.37. The molecule has 3 heterocycles. The first-order valence-electron chi connectivity index (χ1n) is 10.0. The van der Waals surface area contributed by atoms with Crippen LogP contribution in [0.2, 0.25) is 0 Å². The molecule has 0 aliphatic carbocycles. The van der Waals surface area contributed by atoms with Gasteiger partial charge in [-0.25, -0.2) is 14.4 Å². The number of aromatic nitrogens is 2. The van der Waals surface area contributed by atoms with Crippen LogP contribution < -0.4 is 16.5 Å². The molecule has 174 valence electrons. The Labute approximate surface area is 179 Å². The molecule has 2 fully saturated rings. The van der Waals surface area contributed by atoms with Crippen LogP contribution in [0.3, 0.4) is 0 Å². The van der Waals surface area contributed by atoms with E-state index in [0.29, 0.717) is 12.3 Å². The first kappa shape index (κ1) is 23.8. The molecular formula is C18H29N4O8P. The molecule has 2 saturated heterocycles. The van der Waals surface area contributed by atoms with Gasteiger partial charge < -0.3 is 20.3 Å². The first-order chi connectivity index (χ1) is 14.4. The van der Waals surface area contributed by atoms with Crippen LogP contribution in [0.4, 0.5) is 5.82 Å². The summed E-state index contributed by atoms with van der Waals surface area (Å²) in [7, 11) is -3.98. The fourth-order valence-corrected chi connectivity index (χ4v) is 5.14. The SMILES string of the molecule is CC(C)CCOC(=O)[C@H](C)N[P@@]1(=O)OC[C@H]2O[C@@H](n3ccc(N)nc3=O)[C@](C)(O)[C@@H]2O1. The maximum absolute atomic E-state index is 13.1. The molecule has 31 heavy (non-hydrogen) atoms. The normalized spacial score (nSPS) is 33.8. The molecule has 1 aromatic rings. The average Bonchev–Trinajstić information content (AvgIpc) is 2.91. The van der Waals surface area contributed by atoms with E-state index in [9.17, 15) is 19.3 Å². The van der Waals surface area contributed by atoms with E-state index in [4.69, 9.17) is 24.3 Å². The van der Waals surface area contributed by atoms with Gasteiger partial charge >= 0.3 is 19.4 Å². The second-order valence-electron chi connectivity index (χ2n) is 8.32. The zero-order chi connectivity index (χ0) is 23.0. The number of nitrogen functional groups attached to an aromatic ring is 1. The van der Waals surface area contributed by atoms with Crippen LogP contribution in [0.15, 0.2) is 17.1 Å². The van der Waals surface area contributed by atoms with Gasteiger partial charge in [0.15, 0.2) is 6.23 Å². The summed E-state index contributed by atoms with van der Waals surface area (Å²) in [6, 6.07) is 0.417. The molecule has 1 aromatic heterocycles. The standard InChI is InChI=1S/C18H29N4O8P/c1-10(2)6-8-27-15(23)11(3)21-31(26)28-9-12-14(30-31)18(4,25)16(29-12)22-7-5-13(19)20-17(22)24/h5,7,10-12,14,16,25H,6,8-9H2,1-4H3,(H,21,26)(H2,19,20,24)/t11-,12+,14+,16+,18+,31+/m0/s1. The summed E-state index contributed by atoms with van der Waals surface area (Å²) in [6.07, 6.45) is -1.03. The van der Waals surface area contributed by atoms with Crippen molar-refractivity contribution in [2.75, 3.05) is 18.9 Å². The molecule has 0 bridgehead atoms. The summed E-state index contributed by atoms with van der Waals surface area (Å²) in [4.78, 5) is 28.0. The number of rotatable bonds is 7. The summed E-state index contributed by atoms with van der Waals surface area (Å²) in [6.45, 7) is 6.93. The third-order valence-corrected chi connectivity index (χ3v) is 6.82. The van der Waals surface area contributed by atoms with Gasteiger partial charge in [0.25, 0.3) is 0 Å². The number of nitrogens with zero attached hydrogens (tertiary/aromatic N) is 2. The summed E-state index contributed by atoms with van der Waals surface area (Å²) >= 11 is 0. The number of ether oxygens (including phenoxy) is 2. The van der Waals surface area contributed by atoms with Crippen molar-refractivity contribution in [3.8, 4) is 0 Å². The molecule has 0 saturated carbocycles. The lowest BCUT2D eigenvalue weighted by atomic mass is 9.96. The molecule has 13 heteroatoms. The molecule has 6 atom stereocenters. The Kier molecular flexibility index (Phi) is 6.90. The van der Waals surface area contributed by atoms with Gasteiger partial charge in [-0.15, -0.1) is 0 Å². The Morgan fingerprint density at radius 2 is 2.23 bits per heavy atom. The molecule has 0 unspecified atom stereocenters. The number of carbonyl (C=O) groups excluding carboxylic acids is 1. The predicted molar refractivity (Wildman–Crippen MR) is 109 cm³/mol. The van der Waals surface area contributed by atoms with Crippen LogP contribution in [0.5, 0.6) is 0 Å². The number of hydrogen-bond donors (Lipinski definition) is 3. The molecule has 0 spiro atoms. The Morgan fingerprint density at radius 3 is 2.87 bits per heavy atom. The van der Waals surface area contributed by atoms with Crippen LogP contribution in [0.25, 0.3) is 0 Å². The number of esters is 1. The van der Waals surface area contributed by atoms with Gasteiger partial charge in [-0.2, -0.15) is 4.98 Å². The van der Waals surface area contributed by atoms with Crippen molar-refractivity contribution in [3.63, 3.8) is 0 Å². The minimum Gasteiger partial charge on any atom is -0.465 e. The first-order valence-corrected chi connectivity index (χ1v) is 11.6. The quantitative estimate of drug-likeness (QED) is 0.385. The zero-order valence-electron chi connectivity index (χ0n) is 17.9. The minimum absolute atomic E-state index is 0.0267. The molecule has 0 radical (unpaired) electrons. The topological polar surface area (TPSA) is 164 Å². The van der Waals surface area contributed by atoms with E-state index in [-0.39, 0.29) is 19.0 Å². The van der Waals surface area contributed by atoms with E-state index >= 15 is 0 Å². The van der Waals surface area contributed by atoms with Crippen LogP contribution in [0.1, 0.15) is 40.3 Å². The van der Waals surface area contributed by atoms with Gasteiger partial charge in [0.2, 0.25) is 0 Å². The molecular weight excluding hydrogens is 431 g/mol. The third kappa shape index (κ3) is 5.16. The molecule has 2 aliphatic rings. The van der Waals surface area contributed by atoms with Gasteiger partial charge in [0, 0.05) is 6.20 Å². The highest BCUT2D eigenvalue weighted by atomic mass is 31.2. The molecule has 2 aliphatic heterocycles. The summed E-state index contributed by atoms with van der Waals surface area (Å²) < 4.78 is 36.0. The van der Waals surface area contributed by atoms with Crippen molar-refractivity contribution in [3.05, 3.63) is 22.7 Å². The van der Waals surface area contributed by atoms with Crippen molar-refractivity contribution in [2.24, 2.45) is 5.92 Å². The Hall–Kier alpha value is -1.82. The summed E-state index contributed by atoms with van der Waals surface area (Å²) in [5.41, 5.74) is 3.03. The molecule has 0 aromatic carbocycles. The summed E-state index contributed by atoms with van der Waals surface area (Å²) in [5.74, 6) is -0.200. The van der Waals surface area contributed by atoms with Gasteiger partial charge in [-0.05, 0) is 32.3 Å². The summed E-state index contributed by atoms with van der Waals surface area (Å²) in [5, 5.41) is 13.6. The fraction of sp³-hybridized carbons (Fsp3) is 0.722. The van der Waals surface area contributed by atoms with Crippen molar-refractivity contribution in [1.29, 1.82) is 0 Å². The maximum Gasteiger partial charge on any atom is 0.406 e. The van der Waals surface area contributed by atoms with Crippen molar-refractivity contribution < 1.29 is 33.0 Å². The van der Waals surface area contributed by atoms with E-state index in [1.54, 1.807) is 0 Å². The number of nitrogens with one attached hydrogen (secondary N) is 1. The highest BCUT2D eigenvalue weighted by molar-refractivity contribution is 7.51.